The molecule has 1 atom stereocenters. The highest BCUT2D eigenvalue weighted by atomic mass is 32.1. The van der Waals surface area contributed by atoms with Gasteiger partial charge in [0.15, 0.2) is 0 Å². The van der Waals surface area contributed by atoms with E-state index < -0.39 is 11.9 Å². The Hall–Kier alpha value is -1.70. The van der Waals surface area contributed by atoms with E-state index in [-0.39, 0.29) is 12.0 Å². The van der Waals surface area contributed by atoms with Gasteiger partial charge in [-0.3, -0.25) is 0 Å². The molecule has 2 heterocycles. The Morgan fingerprint density at radius 3 is 2.50 bits per heavy atom. The summed E-state index contributed by atoms with van der Waals surface area (Å²) in [7, 11) is 0. The molecule has 1 N–H and O–H groups in total. The fraction of sp³-hybridized carbons (Fsp3) is 0.417. The molecule has 0 radical (unpaired) electrons. The highest BCUT2D eigenvalue weighted by Gasteiger charge is 2.32. The molecule has 2 rings (SSSR count). The van der Waals surface area contributed by atoms with Crippen molar-refractivity contribution in [2.75, 3.05) is 5.32 Å². The van der Waals surface area contributed by atoms with Crippen molar-refractivity contribution in [2.45, 2.75) is 33.0 Å². The number of halogens is 3. The third kappa shape index (κ3) is 3.24. The molecule has 8 heteroatoms. The van der Waals surface area contributed by atoms with Gasteiger partial charge in [0.2, 0.25) is 5.95 Å². The molecule has 2 aromatic heterocycles. The van der Waals surface area contributed by atoms with Crippen molar-refractivity contribution >= 4 is 17.3 Å². The Morgan fingerprint density at radius 1 is 1.25 bits per heavy atom. The highest BCUT2D eigenvalue weighted by molar-refractivity contribution is 7.11. The quantitative estimate of drug-likeness (QED) is 0.938. The summed E-state index contributed by atoms with van der Waals surface area (Å²) in [5.74, 6) is -0.0437. The molecule has 0 aliphatic heterocycles. The van der Waals surface area contributed by atoms with Crippen molar-refractivity contribution in [1.29, 1.82) is 0 Å². The van der Waals surface area contributed by atoms with Gasteiger partial charge >= 0.3 is 6.18 Å². The lowest BCUT2D eigenvalue weighted by atomic mass is 10.2. The van der Waals surface area contributed by atoms with Gasteiger partial charge in [0, 0.05) is 11.1 Å². The summed E-state index contributed by atoms with van der Waals surface area (Å²) in [5.41, 5.74) is -0.0983. The number of rotatable bonds is 3. The molecule has 0 saturated carbocycles. The number of thiazole rings is 1. The third-order valence-corrected chi connectivity index (χ3v) is 3.88. The van der Waals surface area contributed by atoms with Crippen molar-refractivity contribution in [2.24, 2.45) is 0 Å². The number of aryl methyl sites for hydroxylation is 2. The lowest BCUT2D eigenvalue weighted by Crippen LogP contribution is -2.13. The van der Waals surface area contributed by atoms with E-state index >= 15 is 0 Å². The molecule has 20 heavy (non-hydrogen) atoms. The number of hydrogen-bond donors (Lipinski definition) is 1. The monoisotopic (exact) mass is 302 g/mol. The Bertz CT molecular complexity index is 609. The summed E-state index contributed by atoms with van der Waals surface area (Å²) < 4.78 is 37.7. The van der Waals surface area contributed by atoms with Crippen LogP contribution in [-0.4, -0.2) is 15.0 Å². The van der Waals surface area contributed by atoms with Crippen LogP contribution in [0.5, 0.6) is 0 Å². The second kappa shape index (κ2) is 5.35. The molecule has 0 aliphatic carbocycles. The third-order valence-electron chi connectivity index (χ3n) is 2.62. The van der Waals surface area contributed by atoms with Gasteiger partial charge < -0.3 is 5.32 Å². The van der Waals surface area contributed by atoms with Crippen LogP contribution in [0.3, 0.4) is 0 Å². The molecule has 108 valence electrons. The first-order chi connectivity index (χ1) is 9.27. The van der Waals surface area contributed by atoms with E-state index in [2.05, 4.69) is 20.3 Å². The van der Waals surface area contributed by atoms with E-state index in [0.29, 0.717) is 0 Å². The summed E-state index contributed by atoms with van der Waals surface area (Å²) in [6.45, 7) is 5.59. The number of anilines is 1. The molecule has 0 aromatic carbocycles. The Kier molecular flexibility index (Phi) is 3.94. The predicted octanol–water partition coefficient (Wildman–Crippen LogP) is 3.74. The maximum atomic E-state index is 12.6. The minimum absolute atomic E-state index is 0.0437. The maximum absolute atomic E-state index is 12.6. The molecule has 2 aromatic rings. The number of hydrogen-bond acceptors (Lipinski definition) is 5. The predicted molar refractivity (Wildman–Crippen MR) is 70.7 cm³/mol. The fourth-order valence-corrected chi connectivity index (χ4v) is 2.72. The van der Waals surface area contributed by atoms with Crippen LogP contribution in [-0.2, 0) is 6.18 Å². The summed E-state index contributed by atoms with van der Waals surface area (Å²) in [6.07, 6.45) is -3.38. The Morgan fingerprint density at radius 2 is 1.95 bits per heavy atom. The van der Waals surface area contributed by atoms with Crippen molar-refractivity contribution < 1.29 is 13.2 Å². The number of nitrogens with one attached hydrogen (secondary N) is 1. The van der Waals surface area contributed by atoms with Crippen LogP contribution in [0.2, 0.25) is 0 Å². The largest absolute Gasteiger partial charge is 0.433 e. The van der Waals surface area contributed by atoms with Crippen LogP contribution in [0.15, 0.2) is 12.3 Å². The molecular formula is C12H13F3N4S. The first-order valence-corrected chi connectivity index (χ1v) is 6.69. The molecular weight excluding hydrogens is 289 g/mol. The Balaban J connectivity index is 2.20. The van der Waals surface area contributed by atoms with Gasteiger partial charge in [-0.05, 0) is 26.8 Å². The minimum atomic E-state index is -4.47. The molecule has 0 amide bonds. The van der Waals surface area contributed by atoms with Crippen molar-refractivity contribution in [1.82, 2.24) is 15.0 Å². The number of nitrogens with zero attached hydrogens (tertiary/aromatic N) is 3. The number of alkyl halides is 3. The molecule has 0 spiro atoms. The first kappa shape index (κ1) is 14.7. The molecule has 0 aliphatic rings. The molecule has 0 fully saturated rings. The SMILES string of the molecule is Cc1nc(C)c([C@@H](C)Nc2nccc(C(F)(F)F)n2)s1. The van der Waals surface area contributed by atoms with Crippen LogP contribution in [0, 0.1) is 13.8 Å². The zero-order valence-corrected chi connectivity index (χ0v) is 11.9. The first-order valence-electron chi connectivity index (χ1n) is 5.88. The smallest absolute Gasteiger partial charge is 0.347 e. The zero-order chi connectivity index (χ0) is 14.9. The van der Waals surface area contributed by atoms with Crippen LogP contribution in [0.1, 0.15) is 34.2 Å². The standard InChI is InChI=1S/C12H13F3N4S/c1-6-10(20-8(3)17-6)7(2)18-11-16-5-4-9(19-11)12(13,14)15/h4-5,7H,1-3H3,(H,16,18,19)/t7-/m1/s1. The maximum Gasteiger partial charge on any atom is 0.433 e. The van der Waals surface area contributed by atoms with E-state index in [9.17, 15) is 13.2 Å². The minimum Gasteiger partial charge on any atom is -0.347 e. The lowest BCUT2D eigenvalue weighted by Gasteiger charge is -2.14. The second-order valence-corrected chi connectivity index (χ2v) is 5.55. The van der Waals surface area contributed by atoms with Gasteiger partial charge in [0.25, 0.3) is 0 Å². The van der Waals surface area contributed by atoms with E-state index in [1.54, 1.807) is 0 Å². The van der Waals surface area contributed by atoms with Gasteiger partial charge in [-0.2, -0.15) is 13.2 Å². The number of aromatic nitrogens is 3. The second-order valence-electron chi connectivity index (χ2n) is 4.31. The van der Waals surface area contributed by atoms with Crippen LogP contribution < -0.4 is 5.32 Å². The molecule has 0 bridgehead atoms. The molecule has 4 nitrogen and oxygen atoms in total. The van der Waals surface area contributed by atoms with Crippen molar-refractivity contribution in [3.8, 4) is 0 Å². The normalized spacial score (nSPS) is 13.3. The zero-order valence-electron chi connectivity index (χ0n) is 11.1. The van der Waals surface area contributed by atoms with Gasteiger partial charge in [-0.25, -0.2) is 15.0 Å². The van der Waals surface area contributed by atoms with Gasteiger partial charge in [-0.15, -0.1) is 11.3 Å². The molecule has 0 unspecified atom stereocenters. The summed E-state index contributed by atoms with van der Waals surface area (Å²) in [4.78, 5) is 12.5. The van der Waals surface area contributed by atoms with Gasteiger partial charge in [0.05, 0.1) is 16.7 Å². The summed E-state index contributed by atoms with van der Waals surface area (Å²) in [5, 5.41) is 3.79. The van der Waals surface area contributed by atoms with Crippen molar-refractivity contribution in [3.05, 3.63) is 33.5 Å². The van der Waals surface area contributed by atoms with E-state index in [1.165, 1.54) is 11.3 Å². The average molecular weight is 302 g/mol. The summed E-state index contributed by atoms with van der Waals surface area (Å²) >= 11 is 1.50. The van der Waals surface area contributed by atoms with Crippen LogP contribution in [0.4, 0.5) is 19.1 Å². The summed E-state index contributed by atoms with van der Waals surface area (Å²) in [6, 6.07) is 0.641. The van der Waals surface area contributed by atoms with E-state index in [4.69, 9.17) is 0 Å². The topological polar surface area (TPSA) is 50.7 Å². The van der Waals surface area contributed by atoms with Crippen LogP contribution >= 0.6 is 11.3 Å². The highest BCUT2D eigenvalue weighted by Crippen LogP contribution is 2.29. The van der Waals surface area contributed by atoms with Gasteiger partial charge in [-0.1, -0.05) is 0 Å². The van der Waals surface area contributed by atoms with E-state index in [1.807, 2.05) is 20.8 Å². The fourth-order valence-electron chi connectivity index (χ4n) is 1.79. The van der Waals surface area contributed by atoms with E-state index in [0.717, 1.165) is 27.8 Å². The lowest BCUT2D eigenvalue weighted by molar-refractivity contribution is -0.141. The van der Waals surface area contributed by atoms with Crippen LogP contribution in [0.25, 0.3) is 0 Å². The van der Waals surface area contributed by atoms with Crippen molar-refractivity contribution in [3.63, 3.8) is 0 Å². The molecule has 0 saturated heterocycles. The average Bonchev–Trinajstić information content (AvgIpc) is 2.68. The van der Waals surface area contributed by atoms with Gasteiger partial charge in [0.1, 0.15) is 5.69 Å². The Labute approximate surface area is 118 Å².